The van der Waals surface area contributed by atoms with Crippen molar-refractivity contribution < 1.29 is 14.3 Å². The number of fused-ring (bicyclic) bond motifs is 3. The number of nitrogens with zero attached hydrogens (tertiary/aromatic N) is 1. The molecule has 2 saturated heterocycles. The number of carbonyl (C=O) groups is 1. The average Bonchev–Trinajstić information content (AvgIpc) is 2.86. The van der Waals surface area contributed by atoms with Gasteiger partial charge in [-0.05, 0) is 47.3 Å². The number of nitrogens with one attached hydrogen (secondary N) is 1. The van der Waals surface area contributed by atoms with Gasteiger partial charge in [0.15, 0.2) is 11.5 Å². The molecule has 0 radical (unpaired) electrons. The molecule has 0 aliphatic carbocycles. The van der Waals surface area contributed by atoms with Gasteiger partial charge in [0, 0.05) is 30.7 Å². The zero-order chi connectivity index (χ0) is 15.1. The van der Waals surface area contributed by atoms with Gasteiger partial charge in [-0.15, -0.1) is 0 Å². The van der Waals surface area contributed by atoms with Crippen LogP contribution in [0.15, 0.2) is 16.6 Å². The van der Waals surface area contributed by atoms with Crippen molar-refractivity contribution in [2.75, 3.05) is 26.3 Å². The Kier molecular flexibility index (Phi) is 3.74. The SMILES string of the molecule is O=C(c1cc(Br)c2c(c1)OCCO2)N1CCC2CCC(C1)N2. The highest BCUT2D eigenvalue weighted by Gasteiger charge is 2.32. The van der Waals surface area contributed by atoms with E-state index in [0.29, 0.717) is 42.4 Å². The van der Waals surface area contributed by atoms with Crippen LogP contribution < -0.4 is 14.8 Å². The van der Waals surface area contributed by atoms with Gasteiger partial charge in [0.05, 0.1) is 4.47 Å². The zero-order valence-corrected chi connectivity index (χ0v) is 13.9. The van der Waals surface area contributed by atoms with E-state index < -0.39 is 0 Å². The molecule has 118 valence electrons. The van der Waals surface area contributed by atoms with Crippen LogP contribution in [-0.2, 0) is 0 Å². The molecular weight excluding hydrogens is 348 g/mol. The minimum absolute atomic E-state index is 0.0759. The van der Waals surface area contributed by atoms with Crippen molar-refractivity contribution in [1.29, 1.82) is 0 Å². The Labute approximate surface area is 138 Å². The molecule has 2 bridgehead atoms. The van der Waals surface area contributed by atoms with E-state index in [-0.39, 0.29) is 5.91 Å². The van der Waals surface area contributed by atoms with Crippen molar-refractivity contribution in [1.82, 2.24) is 10.2 Å². The minimum atomic E-state index is 0.0759. The Balaban J connectivity index is 1.58. The van der Waals surface area contributed by atoms with Gasteiger partial charge in [-0.2, -0.15) is 0 Å². The van der Waals surface area contributed by atoms with Crippen LogP contribution in [0.1, 0.15) is 29.6 Å². The van der Waals surface area contributed by atoms with E-state index in [4.69, 9.17) is 9.47 Å². The molecule has 1 amide bonds. The summed E-state index contributed by atoms with van der Waals surface area (Å²) in [5, 5.41) is 3.60. The van der Waals surface area contributed by atoms with E-state index in [2.05, 4.69) is 21.2 Å². The maximum atomic E-state index is 12.8. The molecule has 1 aromatic carbocycles. The third kappa shape index (κ3) is 2.58. The smallest absolute Gasteiger partial charge is 0.254 e. The molecule has 5 nitrogen and oxygen atoms in total. The van der Waals surface area contributed by atoms with Crippen LogP contribution in [0, 0.1) is 0 Å². The maximum Gasteiger partial charge on any atom is 0.254 e. The molecule has 2 unspecified atom stereocenters. The van der Waals surface area contributed by atoms with E-state index in [1.165, 1.54) is 12.8 Å². The summed E-state index contributed by atoms with van der Waals surface area (Å²) in [7, 11) is 0. The summed E-state index contributed by atoms with van der Waals surface area (Å²) in [6, 6.07) is 4.66. The number of halogens is 1. The summed E-state index contributed by atoms with van der Waals surface area (Å²) >= 11 is 3.49. The lowest BCUT2D eigenvalue weighted by Gasteiger charge is -2.26. The number of benzene rings is 1. The first-order valence-electron chi connectivity index (χ1n) is 7.85. The second kappa shape index (κ2) is 5.74. The first-order chi connectivity index (χ1) is 10.7. The lowest BCUT2D eigenvalue weighted by atomic mass is 10.1. The lowest BCUT2D eigenvalue weighted by Crippen LogP contribution is -2.39. The maximum absolute atomic E-state index is 12.8. The monoisotopic (exact) mass is 366 g/mol. The largest absolute Gasteiger partial charge is 0.486 e. The van der Waals surface area contributed by atoms with Gasteiger partial charge in [-0.25, -0.2) is 0 Å². The minimum Gasteiger partial charge on any atom is -0.486 e. The van der Waals surface area contributed by atoms with E-state index in [0.717, 1.165) is 24.0 Å². The molecule has 1 N–H and O–H groups in total. The Bertz CT molecular complexity index is 607. The number of carbonyl (C=O) groups excluding carboxylic acids is 1. The van der Waals surface area contributed by atoms with Crippen LogP contribution >= 0.6 is 15.9 Å². The molecular formula is C16H19BrN2O3. The molecule has 3 heterocycles. The fraction of sp³-hybridized carbons (Fsp3) is 0.562. The van der Waals surface area contributed by atoms with Crippen LogP contribution in [-0.4, -0.2) is 49.2 Å². The second-order valence-electron chi connectivity index (χ2n) is 6.16. The van der Waals surface area contributed by atoms with E-state index in [1.54, 1.807) is 6.07 Å². The highest BCUT2D eigenvalue weighted by molar-refractivity contribution is 9.10. The molecule has 4 rings (SSSR count). The lowest BCUT2D eigenvalue weighted by molar-refractivity contribution is 0.0747. The summed E-state index contributed by atoms with van der Waals surface area (Å²) in [6.45, 7) is 2.68. The van der Waals surface area contributed by atoms with Crippen LogP contribution in [0.25, 0.3) is 0 Å². The molecule has 3 aliphatic rings. The molecule has 0 saturated carbocycles. The molecule has 6 heteroatoms. The Morgan fingerprint density at radius 1 is 1.18 bits per heavy atom. The topological polar surface area (TPSA) is 50.8 Å². The first-order valence-corrected chi connectivity index (χ1v) is 8.64. The quantitative estimate of drug-likeness (QED) is 0.827. The van der Waals surface area contributed by atoms with Crippen LogP contribution in [0.4, 0.5) is 0 Å². The fourth-order valence-electron chi connectivity index (χ4n) is 3.54. The summed E-state index contributed by atoms with van der Waals surface area (Å²) < 4.78 is 12.0. The second-order valence-corrected chi connectivity index (χ2v) is 7.01. The molecule has 0 spiro atoms. The molecule has 0 aromatic heterocycles. The van der Waals surface area contributed by atoms with Crippen molar-refractivity contribution in [3.8, 4) is 11.5 Å². The third-order valence-corrected chi connectivity index (χ3v) is 5.24. The fourth-order valence-corrected chi connectivity index (χ4v) is 4.10. The van der Waals surface area contributed by atoms with Gasteiger partial charge < -0.3 is 19.7 Å². The molecule has 22 heavy (non-hydrogen) atoms. The van der Waals surface area contributed by atoms with Gasteiger partial charge in [0.1, 0.15) is 13.2 Å². The number of likely N-dealkylation sites (tertiary alicyclic amines) is 1. The Hall–Kier alpha value is -1.27. The summed E-state index contributed by atoms with van der Waals surface area (Å²) in [4.78, 5) is 14.8. The van der Waals surface area contributed by atoms with Gasteiger partial charge in [0.25, 0.3) is 5.91 Å². The van der Waals surface area contributed by atoms with Crippen LogP contribution in [0.5, 0.6) is 11.5 Å². The molecule has 3 aliphatic heterocycles. The van der Waals surface area contributed by atoms with Crippen molar-refractivity contribution in [3.63, 3.8) is 0 Å². The molecule has 2 fully saturated rings. The van der Waals surface area contributed by atoms with Crippen LogP contribution in [0.3, 0.4) is 0 Å². The Morgan fingerprint density at radius 2 is 2.00 bits per heavy atom. The number of amides is 1. The number of hydrogen-bond acceptors (Lipinski definition) is 4. The summed E-state index contributed by atoms with van der Waals surface area (Å²) in [5.74, 6) is 1.42. The third-order valence-electron chi connectivity index (χ3n) is 4.65. The number of hydrogen-bond donors (Lipinski definition) is 1. The predicted octanol–water partition coefficient (Wildman–Crippen LogP) is 2.19. The van der Waals surface area contributed by atoms with Gasteiger partial charge in [-0.1, -0.05) is 0 Å². The first kappa shape index (κ1) is 14.3. The zero-order valence-electron chi connectivity index (χ0n) is 12.3. The molecule has 2 atom stereocenters. The average molecular weight is 367 g/mol. The van der Waals surface area contributed by atoms with Gasteiger partial charge in [0.2, 0.25) is 0 Å². The molecule has 1 aromatic rings. The Morgan fingerprint density at radius 3 is 2.91 bits per heavy atom. The number of ether oxygens (including phenoxy) is 2. The van der Waals surface area contributed by atoms with Gasteiger partial charge in [-0.3, -0.25) is 4.79 Å². The predicted molar refractivity (Wildman–Crippen MR) is 85.6 cm³/mol. The van der Waals surface area contributed by atoms with E-state index in [9.17, 15) is 4.79 Å². The van der Waals surface area contributed by atoms with Crippen molar-refractivity contribution in [2.45, 2.75) is 31.3 Å². The van der Waals surface area contributed by atoms with Crippen molar-refractivity contribution >= 4 is 21.8 Å². The summed E-state index contributed by atoms with van der Waals surface area (Å²) in [6.07, 6.45) is 3.44. The van der Waals surface area contributed by atoms with E-state index >= 15 is 0 Å². The summed E-state index contributed by atoms with van der Waals surface area (Å²) in [5.41, 5.74) is 0.661. The van der Waals surface area contributed by atoms with Gasteiger partial charge >= 0.3 is 0 Å². The van der Waals surface area contributed by atoms with E-state index in [1.807, 2.05) is 11.0 Å². The number of rotatable bonds is 1. The van der Waals surface area contributed by atoms with Crippen molar-refractivity contribution in [3.05, 3.63) is 22.2 Å². The highest BCUT2D eigenvalue weighted by atomic mass is 79.9. The highest BCUT2D eigenvalue weighted by Crippen LogP contribution is 2.39. The van der Waals surface area contributed by atoms with Crippen LogP contribution in [0.2, 0.25) is 0 Å². The normalized spacial score (nSPS) is 26.7. The van der Waals surface area contributed by atoms with Crippen molar-refractivity contribution in [2.24, 2.45) is 0 Å². The standard InChI is InChI=1S/C16H19BrN2O3/c17-13-7-10(8-14-15(13)22-6-5-21-14)16(20)19-4-3-11-1-2-12(9-19)18-11/h7-8,11-12,18H,1-6,9H2.